The summed E-state index contributed by atoms with van der Waals surface area (Å²) in [5.74, 6) is -0.992. The summed E-state index contributed by atoms with van der Waals surface area (Å²) in [4.78, 5) is 16.2. The van der Waals surface area contributed by atoms with E-state index in [0.29, 0.717) is 17.1 Å². The molecule has 0 saturated heterocycles. The highest BCUT2D eigenvalue weighted by atomic mass is 35.5. The van der Waals surface area contributed by atoms with E-state index >= 15 is 0 Å². The minimum Gasteiger partial charge on any atom is -0.478 e. The zero-order valence-electron chi connectivity index (χ0n) is 12.6. The molecular weight excluding hydrogens is 324 g/mol. The van der Waals surface area contributed by atoms with Gasteiger partial charge in [-0.1, -0.05) is 35.9 Å². The van der Waals surface area contributed by atoms with Crippen LogP contribution in [0.5, 0.6) is 0 Å². The molecule has 4 nitrogen and oxygen atoms in total. The number of para-hydroxylation sites is 1. The van der Waals surface area contributed by atoms with Crippen molar-refractivity contribution in [2.45, 2.75) is 6.54 Å². The molecule has 0 bridgehead atoms. The molecule has 0 aliphatic carbocycles. The van der Waals surface area contributed by atoms with Gasteiger partial charge in [-0.2, -0.15) is 0 Å². The van der Waals surface area contributed by atoms with Crippen LogP contribution in [0.1, 0.15) is 16.1 Å². The normalized spacial score (nSPS) is 11.2. The first-order valence-corrected chi connectivity index (χ1v) is 7.86. The third kappa shape index (κ3) is 2.51. The highest BCUT2D eigenvalue weighted by Gasteiger charge is 2.14. The Kier molecular flexibility index (Phi) is 3.47. The lowest BCUT2D eigenvalue weighted by molar-refractivity contribution is 0.0698. The van der Waals surface area contributed by atoms with E-state index in [0.717, 1.165) is 22.0 Å². The highest BCUT2D eigenvalue weighted by Crippen LogP contribution is 2.26. The fraction of sp³-hybridized carbons (Fsp3) is 0.0526. The van der Waals surface area contributed by atoms with Crippen molar-refractivity contribution in [2.24, 2.45) is 0 Å². The van der Waals surface area contributed by atoms with E-state index in [4.69, 9.17) is 11.6 Å². The maximum absolute atomic E-state index is 11.6. The van der Waals surface area contributed by atoms with Gasteiger partial charge >= 0.3 is 5.97 Å². The smallest absolute Gasteiger partial charge is 0.337 e. The SMILES string of the molecule is O=C(O)c1cc(Cl)cc2ccn(Cc3ccc4ccccc4n3)c12. The van der Waals surface area contributed by atoms with E-state index in [2.05, 4.69) is 4.98 Å². The minimum atomic E-state index is -0.992. The number of nitrogens with zero attached hydrogens (tertiary/aromatic N) is 2. The Morgan fingerprint density at radius 2 is 1.92 bits per heavy atom. The van der Waals surface area contributed by atoms with Crippen LogP contribution < -0.4 is 0 Å². The van der Waals surface area contributed by atoms with Crippen LogP contribution in [-0.2, 0) is 6.54 Å². The molecule has 5 heteroatoms. The quantitative estimate of drug-likeness (QED) is 0.595. The number of fused-ring (bicyclic) bond motifs is 2. The summed E-state index contributed by atoms with van der Waals surface area (Å²) >= 11 is 6.02. The topological polar surface area (TPSA) is 55.1 Å². The van der Waals surface area contributed by atoms with E-state index in [1.54, 1.807) is 6.07 Å². The van der Waals surface area contributed by atoms with Gasteiger partial charge in [-0.05, 0) is 30.3 Å². The molecule has 0 aliphatic heterocycles. The number of benzene rings is 2. The number of pyridine rings is 1. The molecule has 118 valence electrons. The Morgan fingerprint density at radius 3 is 2.75 bits per heavy atom. The molecule has 0 amide bonds. The lowest BCUT2D eigenvalue weighted by Gasteiger charge is -2.09. The van der Waals surface area contributed by atoms with Gasteiger partial charge in [0.25, 0.3) is 0 Å². The van der Waals surface area contributed by atoms with Gasteiger partial charge in [0.1, 0.15) is 0 Å². The second-order valence-electron chi connectivity index (χ2n) is 5.64. The predicted molar refractivity (Wildman–Crippen MR) is 94.8 cm³/mol. The van der Waals surface area contributed by atoms with Crippen molar-refractivity contribution >= 4 is 39.4 Å². The van der Waals surface area contributed by atoms with E-state index in [9.17, 15) is 9.90 Å². The Morgan fingerprint density at radius 1 is 1.08 bits per heavy atom. The number of aromatic carboxylic acids is 1. The molecule has 4 rings (SSSR count). The zero-order chi connectivity index (χ0) is 16.7. The molecule has 0 spiro atoms. The predicted octanol–water partition coefficient (Wildman–Crippen LogP) is 4.59. The van der Waals surface area contributed by atoms with Crippen LogP contribution in [0.2, 0.25) is 5.02 Å². The van der Waals surface area contributed by atoms with E-state index in [1.165, 1.54) is 6.07 Å². The summed E-state index contributed by atoms with van der Waals surface area (Å²) in [6.45, 7) is 0.496. The minimum absolute atomic E-state index is 0.197. The average molecular weight is 337 g/mol. The van der Waals surface area contributed by atoms with Gasteiger partial charge < -0.3 is 9.67 Å². The first-order chi connectivity index (χ1) is 11.6. The van der Waals surface area contributed by atoms with Gasteiger partial charge in [-0.3, -0.25) is 4.98 Å². The second kappa shape index (κ2) is 5.65. The van der Waals surface area contributed by atoms with Crippen molar-refractivity contribution in [3.05, 3.63) is 77.1 Å². The van der Waals surface area contributed by atoms with Crippen LogP contribution in [0.25, 0.3) is 21.8 Å². The summed E-state index contributed by atoms with van der Waals surface area (Å²) in [6, 6.07) is 17.0. The molecule has 0 saturated carbocycles. The van der Waals surface area contributed by atoms with E-state index < -0.39 is 5.97 Å². The van der Waals surface area contributed by atoms with Crippen molar-refractivity contribution in [2.75, 3.05) is 0 Å². The number of carboxylic acids is 1. The standard InChI is InChI=1S/C19H13ClN2O2/c20-14-9-13-7-8-22(18(13)16(10-14)19(23)24)11-15-6-5-12-3-1-2-4-17(12)21-15/h1-10H,11H2,(H,23,24). The van der Waals surface area contributed by atoms with Gasteiger partial charge in [0.15, 0.2) is 0 Å². The Bertz CT molecular complexity index is 1090. The van der Waals surface area contributed by atoms with Crippen LogP contribution in [0, 0.1) is 0 Å². The van der Waals surface area contributed by atoms with Crippen molar-refractivity contribution in [1.82, 2.24) is 9.55 Å². The highest BCUT2D eigenvalue weighted by molar-refractivity contribution is 6.32. The average Bonchev–Trinajstić information content (AvgIpc) is 2.96. The maximum atomic E-state index is 11.6. The third-order valence-electron chi connectivity index (χ3n) is 4.04. The lowest BCUT2D eigenvalue weighted by Crippen LogP contribution is -2.05. The second-order valence-corrected chi connectivity index (χ2v) is 6.07. The van der Waals surface area contributed by atoms with Gasteiger partial charge in [0.2, 0.25) is 0 Å². The number of carboxylic acid groups (broad SMARTS) is 1. The number of rotatable bonds is 3. The molecule has 2 heterocycles. The Balaban J connectivity index is 1.82. The van der Waals surface area contributed by atoms with Crippen molar-refractivity contribution in [1.29, 1.82) is 0 Å². The summed E-state index contributed by atoms with van der Waals surface area (Å²) < 4.78 is 1.90. The van der Waals surface area contributed by atoms with Crippen LogP contribution in [0.15, 0.2) is 60.8 Å². The fourth-order valence-electron chi connectivity index (χ4n) is 2.98. The monoisotopic (exact) mass is 336 g/mol. The van der Waals surface area contributed by atoms with Crippen molar-refractivity contribution in [3.8, 4) is 0 Å². The van der Waals surface area contributed by atoms with Gasteiger partial charge in [-0.25, -0.2) is 4.79 Å². The molecule has 0 aliphatic rings. The first-order valence-electron chi connectivity index (χ1n) is 7.48. The third-order valence-corrected chi connectivity index (χ3v) is 4.26. The van der Waals surface area contributed by atoms with Gasteiger partial charge in [0, 0.05) is 22.0 Å². The number of carbonyl (C=O) groups is 1. The fourth-order valence-corrected chi connectivity index (χ4v) is 3.20. The van der Waals surface area contributed by atoms with Crippen LogP contribution in [0.3, 0.4) is 0 Å². The summed E-state index contributed by atoms with van der Waals surface area (Å²) in [7, 11) is 0. The van der Waals surface area contributed by atoms with Gasteiger partial charge in [0.05, 0.1) is 28.8 Å². The number of hydrogen-bond donors (Lipinski definition) is 1. The summed E-state index contributed by atoms with van der Waals surface area (Å²) in [6.07, 6.45) is 1.87. The lowest BCUT2D eigenvalue weighted by atomic mass is 10.1. The molecule has 24 heavy (non-hydrogen) atoms. The molecular formula is C19H13ClN2O2. The molecule has 1 N–H and O–H groups in total. The molecule has 0 fully saturated rings. The largest absolute Gasteiger partial charge is 0.478 e. The Hall–Kier alpha value is -2.85. The van der Waals surface area contributed by atoms with E-state index in [-0.39, 0.29) is 5.56 Å². The zero-order valence-corrected chi connectivity index (χ0v) is 13.4. The number of hydrogen-bond acceptors (Lipinski definition) is 2. The summed E-state index contributed by atoms with van der Waals surface area (Å²) in [5, 5.41) is 11.8. The molecule has 0 unspecified atom stereocenters. The molecule has 0 radical (unpaired) electrons. The number of aromatic nitrogens is 2. The van der Waals surface area contributed by atoms with Crippen LogP contribution in [0.4, 0.5) is 0 Å². The van der Waals surface area contributed by atoms with Gasteiger partial charge in [-0.15, -0.1) is 0 Å². The van der Waals surface area contributed by atoms with Crippen molar-refractivity contribution < 1.29 is 9.90 Å². The first kappa shape index (κ1) is 14.7. The number of halogens is 1. The summed E-state index contributed by atoms with van der Waals surface area (Å²) in [5.41, 5.74) is 2.65. The molecule has 2 aromatic carbocycles. The Labute approximate surface area is 142 Å². The maximum Gasteiger partial charge on any atom is 0.337 e. The van der Waals surface area contributed by atoms with E-state index in [1.807, 2.05) is 53.2 Å². The molecule has 0 atom stereocenters. The van der Waals surface area contributed by atoms with Crippen molar-refractivity contribution in [3.63, 3.8) is 0 Å². The molecule has 4 aromatic rings. The van der Waals surface area contributed by atoms with Crippen LogP contribution in [-0.4, -0.2) is 20.6 Å². The van der Waals surface area contributed by atoms with Crippen LogP contribution >= 0.6 is 11.6 Å². The molecule has 2 aromatic heterocycles.